The normalized spacial score (nSPS) is 12.0. The summed E-state index contributed by atoms with van der Waals surface area (Å²) in [7, 11) is -4.13. The highest BCUT2D eigenvalue weighted by Gasteiger charge is 2.33. The Morgan fingerprint density at radius 3 is 2.16 bits per heavy atom. The van der Waals surface area contributed by atoms with Gasteiger partial charge in [-0.25, -0.2) is 8.42 Å². The highest BCUT2D eigenvalue weighted by molar-refractivity contribution is 7.92. The van der Waals surface area contributed by atoms with Crippen LogP contribution in [0.4, 0.5) is 5.69 Å². The number of aryl methyl sites for hydroxylation is 1. The van der Waals surface area contributed by atoms with E-state index in [1.165, 1.54) is 17.0 Å². The number of amides is 2. The van der Waals surface area contributed by atoms with Crippen molar-refractivity contribution in [3.05, 3.63) is 94.0 Å². The Balaban J connectivity index is 2.04. The molecule has 0 aliphatic carbocycles. The van der Waals surface area contributed by atoms with E-state index in [1.807, 2.05) is 0 Å². The second kappa shape index (κ2) is 12.4. The van der Waals surface area contributed by atoms with Crippen molar-refractivity contribution in [1.29, 1.82) is 0 Å². The fourth-order valence-corrected chi connectivity index (χ4v) is 5.68. The van der Waals surface area contributed by atoms with E-state index in [0.29, 0.717) is 27.8 Å². The van der Waals surface area contributed by atoms with Gasteiger partial charge in [0.2, 0.25) is 11.8 Å². The predicted molar refractivity (Wildman–Crippen MR) is 147 cm³/mol. The summed E-state index contributed by atoms with van der Waals surface area (Å²) in [5.41, 5.74) is 1.65. The van der Waals surface area contributed by atoms with E-state index >= 15 is 0 Å². The molecule has 0 saturated heterocycles. The lowest BCUT2D eigenvalue weighted by Gasteiger charge is -2.32. The third-order valence-corrected chi connectivity index (χ3v) is 8.08. The number of anilines is 1. The van der Waals surface area contributed by atoms with Crippen LogP contribution in [0.15, 0.2) is 77.7 Å². The number of carbonyl (C=O) groups excluding carboxylic acids is 2. The monoisotopic (exact) mass is 561 g/mol. The van der Waals surface area contributed by atoms with Crippen molar-refractivity contribution in [3.63, 3.8) is 0 Å². The molecule has 3 aromatic carbocycles. The fourth-order valence-electron chi connectivity index (χ4n) is 3.82. The van der Waals surface area contributed by atoms with Gasteiger partial charge in [-0.1, -0.05) is 53.5 Å². The first kappa shape index (κ1) is 28.5. The Morgan fingerprint density at radius 1 is 0.946 bits per heavy atom. The summed E-state index contributed by atoms with van der Waals surface area (Å²) in [6, 6.07) is 18.7. The number of nitrogens with zero attached hydrogens (tertiary/aromatic N) is 2. The first-order valence-electron chi connectivity index (χ1n) is 11.7. The molecule has 0 fully saturated rings. The smallest absolute Gasteiger partial charge is 0.264 e. The lowest BCUT2D eigenvalue weighted by molar-refractivity contribution is -0.139. The van der Waals surface area contributed by atoms with Crippen LogP contribution in [0.1, 0.15) is 25.0 Å². The van der Waals surface area contributed by atoms with Crippen LogP contribution >= 0.6 is 23.2 Å². The minimum absolute atomic E-state index is 0.0400. The molecule has 10 heteroatoms. The molecule has 0 aliphatic heterocycles. The fraction of sp³-hybridized carbons (Fsp3) is 0.259. The summed E-state index contributed by atoms with van der Waals surface area (Å²) in [6.07, 6.45) is 0. The summed E-state index contributed by atoms with van der Waals surface area (Å²) >= 11 is 12.1. The van der Waals surface area contributed by atoms with Crippen LogP contribution in [0.2, 0.25) is 10.0 Å². The van der Waals surface area contributed by atoms with Gasteiger partial charge in [0.15, 0.2) is 0 Å². The minimum Gasteiger partial charge on any atom is -0.355 e. The lowest BCUT2D eigenvalue weighted by atomic mass is 10.1. The molecule has 1 atom stereocenters. The number of hydrogen-bond donors (Lipinski definition) is 1. The zero-order chi connectivity index (χ0) is 27.2. The molecule has 1 N–H and O–H groups in total. The van der Waals surface area contributed by atoms with Crippen LogP contribution in [0.25, 0.3) is 0 Å². The third kappa shape index (κ3) is 7.03. The van der Waals surface area contributed by atoms with Crippen molar-refractivity contribution in [1.82, 2.24) is 10.2 Å². The van der Waals surface area contributed by atoms with E-state index in [4.69, 9.17) is 23.2 Å². The molecule has 0 aromatic heterocycles. The van der Waals surface area contributed by atoms with E-state index in [2.05, 4.69) is 5.32 Å². The highest BCUT2D eigenvalue weighted by Crippen LogP contribution is 2.29. The standard InChI is InChI=1S/C27H29Cl2N3O4S/c1-4-30-27(34)20(3)31(17-21-10-12-22(28)13-11-21)26(33)18-32(25-15-14-23(29)16-19(25)2)37(35,36)24-8-6-5-7-9-24/h5-16,20H,4,17-18H2,1-3H3,(H,30,34)/t20-/m1/s1. The predicted octanol–water partition coefficient (Wildman–Crippen LogP) is 5.05. The van der Waals surface area contributed by atoms with Gasteiger partial charge in [0, 0.05) is 23.1 Å². The zero-order valence-electron chi connectivity index (χ0n) is 20.8. The third-order valence-electron chi connectivity index (χ3n) is 5.82. The van der Waals surface area contributed by atoms with Gasteiger partial charge in [-0.05, 0) is 74.4 Å². The molecule has 37 heavy (non-hydrogen) atoms. The number of carbonyl (C=O) groups is 2. The summed E-state index contributed by atoms with van der Waals surface area (Å²) in [6.45, 7) is 5.09. The largest absolute Gasteiger partial charge is 0.355 e. The molecule has 3 rings (SSSR count). The van der Waals surface area contributed by atoms with Gasteiger partial charge in [-0.15, -0.1) is 0 Å². The molecule has 0 aliphatic rings. The average Bonchev–Trinajstić information content (AvgIpc) is 2.87. The van der Waals surface area contributed by atoms with E-state index in [9.17, 15) is 18.0 Å². The van der Waals surface area contributed by atoms with Gasteiger partial charge >= 0.3 is 0 Å². The number of likely N-dealkylation sites (N-methyl/N-ethyl adjacent to an activating group) is 1. The van der Waals surface area contributed by atoms with Gasteiger partial charge < -0.3 is 10.2 Å². The first-order valence-corrected chi connectivity index (χ1v) is 13.9. The highest BCUT2D eigenvalue weighted by atomic mass is 35.5. The van der Waals surface area contributed by atoms with Gasteiger partial charge in [0.25, 0.3) is 10.0 Å². The zero-order valence-corrected chi connectivity index (χ0v) is 23.1. The van der Waals surface area contributed by atoms with Crippen molar-refractivity contribution in [3.8, 4) is 0 Å². The maximum Gasteiger partial charge on any atom is 0.264 e. The molecule has 196 valence electrons. The number of hydrogen-bond acceptors (Lipinski definition) is 4. The molecule has 0 saturated carbocycles. The topological polar surface area (TPSA) is 86.8 Å². The number of rotatable bonds is 10. The first-order chi connectivity index (χ1) is 17.5. The second-order valence-corrected chi connectivity index (χ2v) is 11.2. The number of sulfonamides is 1. The Hall–Kier alpha value is -3.07. The van der Waals surface area contributed by atoms with Gasteiger partial charge in [-0.3, -0.25) is 13.9 Å². The maximum atomic E-state index is 13.8. The molecule has 0 radical (unpaired) electrons. The molecule has 0 spiro atoms. The molecule has 0 heterocycles. The van der Waals surface area contributed by atoms with E-state index in [1.54, 1.807) is 81.4 Å². The average molecular weight is 563 g/mol. The van der Waals surface area contributed by atoms with E-state index in [-0.39, 0.29) is 17.3 Å². The van der Waals surface area contributed by atoms with Crippen LogP contribution in [-0.4, -0.2) is 44.3 Å². The Labute approximate surface area is 228 Å². The van der Waals surface area contributed by atoms with Crippen molar-refractivity contribution in [2.45, 2.75) is 38.3 Å². The van der Waals surface area contributed by atoms with Crippen LogP contribution in [-0.2, 0) is 26.2 Å². The van der Waals surface area contributed by atoms with Crippen LogP contribution in [0.5, 0.6) is 0 Å². The summed E-state index contributed by atoms with van der Waals surface area (Å²) in [5.74, 6) is -0.882. The van der Waals surface area contributed by atoms with E-state index in [0.717, 1.165) is 9.87 Å². The molecular weight excluding hydrogens is 533 g/mol. The number of benzene rings is 3. The molecule has 0 unspecified atom stereocenters. The van der Waals surface area contributed by atoms with Crippen LogP contribution in [0, 0.1) is 6.92 Å². The van der Waals surface area contributed by atoms with Gasteiger partial charge in [0.1, 0.15) is 12.6 Å². The number of nitrogens with one attached hydrogen (secondary N) is 1. The SMILES string of the molecule is CCNC(=O)[C@@H](C)N(Cc1ccc(Cl)cc1)C(=O)CN(c1ccc(Cl)cc1C)S(=O)(=O)c1ccccc1. The van der Waals surface area contributed by atoms with E-state index < -0.39 is 28.5 Å². The Kier molecular flexibility index (Phi) is 9.59. The summed E-state index contributed by atoms with van der Waals surface area (Å²) in [4.78, 5) is 27.9. The Bertz CT molecular complexity index is 1350. The van der Waals surface area contributed by atoms with Crippen molar-refractivity contribution in [2.24, 2.45) is 0 Å². The van der Waals surface area contributed by atoms with Crippen LogP contribution < -0.4 is 9.62 Å². The van der Waals surface area contributed by atoms with Crippen molar-refractivity contribution >= 4 is 50.7 Å². The van der Waals surface area contributed by atoms with Gasteiger partial charge in [-0.2, -0.15) is 0 Å². The van der Waals surface area contributed by atoms with Crippen molar-refractivity contribution < 1.29 is 18.0 Å². The quantitative estimate of drug-likeness (QED) is 0.375. The Morgan fingerprint density at radius 2 is 1.57 bits per heavy atom. The van der Waals surface area contributed by atoms with Crippen molar-refractivity contribution in [2.75, 3.05) is 17.4 Å². The van der Waals surface area contributed by atoms with Gasteiger partial charge in [0.05, 0.1) is 10.6 Å². The van der Waals surface area contributed by atoms with Crippen LogP contribution in [0.3, 0.4) is 0 Å². The summed E-state index contributed by atoms with van der Waals surface area (Å²) < 4.78 is 28.6. The molecular formula is C27H29Cl2N3O4S. The maximum absolute atomic E-state index is 13.8. The number of halogens is 2. The molecule has 3 aromatic rings. The second-order valence-electron chi connectivity index (χ2n) is 8.47. The minimum atomic E-state index is -4.13. The molecule has 0 bridgehead atoms. The summed E-state index contributed by atoms with van der Waals surface area (Å²) in [5, 5.41) is 3.71. The lowest BCUT2D eigenvalue weighted by Crippen LogP contribution is -2.51. The molecule has 2 amide bonds. The molecule has 7 nitrogen and oxygen atoms in total.